The first-order valence-corrected chi connectivity index (χ1v) is 0.289. The van der Waals surface area contributed by atoms with E-state index in [1.807, 2.05) is 6.79 Å². The molecule has 0 aromatic carbocycles. The van der Waals surface area contributed by atoms with Gasteiger partial charge in [0.05, 0.1) is 0 Å². The van der Waals surface area contributed by atoms with Crippen LogP contribution in [-0.4, -0.2) is 36.3 Å². The average Bonchev–Trinajstić information content (AvgIpc) is 1.00. The van der Waals surface area contributed by atoms with Crippen molar-refractivity contribution >= 4 is 36.3 Å². The van der Waals surface area contributed by atoms with Crippen molar-refractivity contribution in [3.05, 3.63) is 0 Å². The number of hydrogen-bond donors (Lipinski definition) is 0. The minimum Gasteiger partial charge on any atom is -0.307 e. The molecule has 0 spiro atoms. The van der Waals surface area contributed by atoms with Crippen LogP contribution in [0, 0.1) is 0 Å². The minimum absolute atomic E-state index is 0. The number of rotatable bonds is 0. The molecule has 3 heteroatoms. The van der Waals surface area contributed by atoms with Crippen LogP contribution in [0.5, 0.6) is 0 Å². The Balaban J connectivity index is -0.00000000500. The van der Waals surface area contributed by atoms with E-state index in [9.17, 15) is 0 Å². The Bertz CT molecular complexity index is 8.00. The molecule has 0 aliphatic heterocycles. The third kappa shape index (κ3) is 10.9. The second-order valence-corrected chi connectivity index (χ2v) is 0. The van der Waals surface area contributed by atoms with Crippen LogP contribution in [-0.2, 0) is 21.6 Å². The van der Waals surface area contributed by atoms with Gasteiger partial charge in [0.15, 0.2) is 0 Å². The Morgan fingerprint density at radius 2 is 1.25 bits per heavy atom. The molecule has 0 unspecified atom stereocenters. The van der Waals surface area contributed by atoms with E-state index < -0.39 is 0 Å². The van der Waals surface area contributed by atoms with Crippen LogP contribution in [0.3, 0.4) is 0 Å². The van der Waals surface area contributed by atoms with E-state index in [0.29, 0.717) is 0 Å². The Hall–Kier alpha value is 1.18. The van der Waals surface area contributed by atoms with Crippen molar-refractivity contribution in [3.8, 4) is 0 Å². The van der Waals surface area contributed by atoms with Crippen molar-refractivity contribution in [1.29, 1.82) is 0 Å². The maximum absolute atomic E-state index is 8.00. The third-order valence-corrected chi connectivity index (χ3v) is 0. The number of carbonyl (C=O) groups excluding carboxylic acids is 1. The summed E-state index contributed by atoms with van der Waals surface area (Å²) in [7, 11) is 0. The van der Waals surface area contributed by atoms with Gasteiger partial charge >= 0.3 is 0 Å². The average molecular weight is 112 g/mol. The predicted molar refractivity (Wildman–Crippen MR) is 12.9 cm³/mol. The van der Waals surface area contributed by atoms with Gasteiger partial charge in [-0.2, -0.15) is 0 Å². The molecular weight excluding hydrogens is 110 g/mol. The standard InChI is InChI=1S/CH2O.Co.Na/c1-2;;/h1H2;;. The van der Waals surface area contributed by atoms with Crippen LogP contribution in [0.4, 0.5) is 0 Å². The van der Waals surface area contributed by atoms with Gasteiger partial charge in [0.1, 0.15) is 6.79 Å². The van der Waals surface area contributed by atoms with Gasteiger partial charge < -0.3 is 4.79 Å². The normalized spacial score (nSPS) is 1.00. The molecule has 0 fully saturated rings. The van der Waals surface area contributed by atoms with Crippen molar-refractivity contribution in [1.82, 2.24) is 0 Å². The molecule has 0 N–H and O–H groups in total. The maximum atomic E-state index is 8.00. The molecule has 0 aliphatic rings. The summed E-state index contributed by atoms with van der Waals surface area (Å²) >= 11 is 0. The topological polar surface area (TPSA) is 17.1 Å². The molecule has 0 saturated carbocycles. The van der Waals surface area contributed by atoms with Crippen LogP contribution >= 0.6 is 0 Å². The molecule has 0 aliphatic carbocycles. The molecule has 0 bridgehead atoms. The van der Waals surface area contributed by atoms with Gasteiger partial charge in [-0.25, -0.2) is 0 Å². The summed E-state index contributed by atoms with van der Waals surface area (Å²) in [5, 5.41) is 0. The summed E-state index contributed by atoms with van der Waals surface area (Å²) in [6.07, 6.45) is 0. The Morgan fingerprint density at radius 1 is 1.25 bits per heavy atom. The summed E-state index contributed by atoms with van der Waals surface area (Å²) in [5.74, 6) is 0. The quantitative estimate of drug-likeness (QED) is 0.383. The van der Waals surface area contributed by atoms with Crippen molar-refractivity contribution in [2.24, 2.45) is 0 Å². The zero-order valence-electron chi connectivity index (χ0n) is 2.45. The minimum atomic E-state index is 0. The maximum Gasteiger partial charge on any atom is 0.106 e. The van der Waals surface area contributed by atoms with Crippen LogP contribution in [0.2, 0.25) is 0 Å². The van der Waals surface area contributed by atoms with Gasteiger partial charge in [0.25, 0.3) is 0 Å². The summed E-state index contributed by atoms with van der Waals surface area (Å²) in [6.45, 7) is 2.00. The zero-order valence-corrected chi connectivity index (χ0v) is 5.49. The second-order valence-electron chi connectivity index (χ2n) is 0. The number of hydrogen-bond acceptors (Lipinski definition) is 1. The first-order chi connectivity index (χ1) is 1.00. The van der Waals surface area contributed by atoms with Crippen LogP contribution < -0.4 is 0 Å². The molecule has 0 aromatic heterocycles. The van der Waals surface area contributed by atoms with Crippen molar-refractivity contribution in [2.45, 2.75) is 0 Å². The monoisotopic (exact) mass is 112 g/mol. The first-order valence-electron chi connectivity index (χ1n) is 0.289. The largest absolute Gasteiger partial charge is 0.307 e. The van der Waals surface area contributed by atoms with E-state index in [1.54, 1.807) is 0 Å². The van der Waals surface area contributed by atoms with E-state index in [-0.39, 0.29) is 46.3 Å². The van der Waals surface area contributed by atoms with E-state index >= 15 is 0 Å². The number of carbonyl (C=O) groups is 1. The molecule has 0 rings (SSSR count). The molecule has 0 atom stereocenters. The van der Waals surface area contributed by atoms with Crippen LogP contribution in [0.15, 0.2) is 0 Å². The van der Waals surface area contributed by atoms with Crippen molar-refractivity contribution < 1.29 is 21.6 Å². The Kier molecular flexibility index (Phi) is 145. The third-order valence-electron chi connectivity index (χ3n) is 0. The fourth-order valence-corrected chi connectivity index (χ4v) is 0. The van der Waals surface area contributed by atoms with Gasteiger partial charge in [-0.15, -0.1) is 0 Å². The SMILES string of the molecule is C=O.[Co].[Na]. The molecule has 2 radical (unpaired) electrons. The first kappa shape index (κ1) is 19.1. The molecule has 0 heterocycles. The van der Waals surface area contributed by atoms with Crippen LogP contribution in [0.25, 0.3) is 0 Å². The van der Waals surface area contributed by atoms with Gasteiger partial charge in [-0.1, -0.05) is 0 Å². The van der Waals surface area contributed by atoms with Crippen molar-refractivity contribution in [2.75, 3.05) is 0 Å². The van der Waals surface area contributed by atoms with Gasteiger partial charge in [0.2, 0.25) is 0 Å². The van der Waals surface area contributed by atoms with Crippen LogP contribution in [0.1, 0.15) is 0 Å². The molecule has 22 valence electrons. The molecule has 0 aromatic rings. The smallest absolute Gasteiger partial charge is 0.106 e. The fraction of sp³-hybridized carbons (Fsp3) is 0. The summed E-state index contributed by atoms with van der Waals surface area (Å²) in [4.78, 5) is 8.00. The molecule has 0 saturated heterocycles. The van der Waals surface area contributed by atoms with E-state index in [0.717, 1.165) is 0 Å². The fourth-order valence-electron chi connectivity index (χ4n) is 0. The second kappa shape index (κ2) is 30.4. The Morgan fingerprint density at radius 3 is 1.25 bits per heavy atom. The summed E-state index contributed by atoms with van der Waals surface area (Å²) in [6, 6.07) is 0. The van der Waals surface area contributed by atoms with Gasteiger partial charge in [-0.05, 0) is 0 Å². The molecular formula is CH2CoNaO. The summed E-state index contributed by atoms with van der Waals surface area (Å²) in [5.41, 5.74) is 0. The predicted octanol–water partition coefficient (Wildman–Crippen LogP) is -0.568. The molecule has 0 amide bonds. The van der Waals surface area contributed by atoms with E-state index in [2.05, 4.69) is 0 Å². The van der Waals surface area contributed by atoms with E-state index in [1.165, 1.54) is 0 Å². The van der Waals surface area contributed by atoms with Crippen molar-refractivity contribution in [3.63, 3.8) is 0 Å². The van der Waals surface area contributed by atoms with E-state index in [4.69, 9.17) is 4.79 Å². The molecule has 1 nitrogen and oxygen atoms in total. The summed E-state index contributed by atoms with van der Waals surface area (Å²) < 4.78 is 0. The van der Waals surface area contributed by atoms with Gasteiger partial charge in [-0.3, -0.25) is 0 Å². The zero-order chi connectivity index (χ0) is 2.00. The van der Waals surface area contributed by atoms with Gasteiger partial charge in [0, 0.05) is 46.3 Å². The molecule has 4 heavy (non-hydrogen) atoms. The Labute approximate surface area is 57.6 Å².